The lowest BCUT2D eigenvalue weighted by molar-refractivity contribution is 0.593. The quantitative estimate of drug-likeness (QED) is 0.852. The standard InChI is InChI=1S/C11H9ClFN3O2/c12-7-2-1-3-8(13)6(7)4-16-5-9(14)10(17)15-11(16)18/h1-3,5H,4,14H2,(H,15,17,18). The van der Waals surface area contributed by atoms with Crippen molar-refractivity contribution in [1.82, 2.24) is 9.55 Å². The summed E-state index contributed by atoms with van der Waals surface area (Å²) in [5.41, 5.74) is 4.08. The van der Waals surface area contributed by atoms with E-state index in [2.05, 4.69) is 0 Å². The maximum atomic E-state index is 13.5. The molecular weight excluding hydrogens is 261 g/mol. The first-order chi connectivity index (χ1) is 8.49. The fraction of sp³-hybridized carbons (Fsp3) is 0.0909. The van der Waals surface area contributed by atoms with Gasteiger partial charge in [0.15, 0.2) is 0 Å². The zero-order valence-electron chi connectivity index (χ0n) is 9.11. The second-order valence-electron chi connectivity index (χ2n) is 3.67. The van der Waals surface area contributed by atoms with Gasteiger partial charge < -0.3 is 5.73 Å². The molecule has 0 saturated heterocycles. The molecule has 1 aromatic carbocycles. The lowest BCUT2D eigenvalue weighted by atomic mass is 10.2. The Morgan fingerprint density at radius 2 is 2.11 bits per heavy atom. The summed E-state index contributed by atoms with van der Waals surface area (Å²) in [5, 5.41) is 0.201. The molecule has 1 heterocycles. The van der Waals surface area contributed by atoms with Crippen LogP contribution in [0.3, 0.4) is 0 Å². The number of aromatic amines is 1. The number of benzene rings is 1. The van der Waals surface area contributed by atoms with E-state index in [1.807, 2.05) is 4.98 Å². The molecule has 3 N–H and O–H groups in total. The van der Waals surface area contributed by atoms with Gasteiger partial charge in [-0.15, -0.1) is 0 Å². The molecule has 2 rings (SSSR count). The van der Waals surface area contributed by atoms with Crippen LogP contribution in [0.1, 0.15) is 5.56 Å². The molecule has 0 fully saturated rings. The first-order valence-electron chi connectivity index (χ1n) is 5.01. The van der Waals surface area contributed by atoms with Gasteiger partial charge in [0.05, 0.1) is 6.54 Å². The van der Waals surface area contributed by atoms with Crippen molar-refractivity contribution < 1.29 is 4.39 Å². The number of hydrogen-bond donors (Lipinski definition) is 2. The number of rotatable bonds is 2. The highest BCUT2D eigenvalue weighted by Gasteiger charge is 2.09. The topological polar surface area (TPSA) is 80.9 Å². The van der Waals surface area contributed by atoms with Crippen LogP contribution in [0.5, 0.6) is 0 Å². The van der Waals surface area contributed by atoms with Crippen LogP contribution >= 0.6 is 11.6 Å². The highest BCUT2D eigenvalue weighted by atomic mass is 35.5. The zero-order chi connectivity index (χ0) is 13.3. The fourth-order valence-corrected chi connectivity index (χ4v) is 1.72. The van der Waals surface area contributed by atoms with Gasteiger partial charge in [-0.05, 0) is 12.1 Å². The average molecular weight is 270 g/mol. The van der Waals surface area contributed by atoms with Crippen molar-refractivity contribution >= 4 is 17.3 Å². The molecule has 0 aliphatic carbocycles. The van der Waals surface area contributed by atoms with E-state index in [0.717, 1.165) is 10.8 Å². The number of aromatic nitrogens is 2. The summed E-state index contributed by atoms with van der Waals surface area (Å²) in [4.78, 5) is 24.6. The summed E-state index contributed by atoms with van der Waals surface area (Å²) < 4.78 is 14.6. The van der Waals surface area contributed by atoms with Gasteiger partial charge in [0, 0.05) is 16.8 Å². The Labute approximate surface area is 106 Å². The van der Waals surface area contributed by atoms with Crippen LogP contribution in [-0.2, 0) is 6.54 Å². The molecule has 0 saturated carbocycles. The summed E-state index contributed by atoms with van der Waals surface area (Å²) >= 11 is 5.84. The Balaban J connectivity index is 2.50. The lowest BCUT2D eigenvalue weighted by Crippen LogP contribution is -2.31. The van der Waals surface area contributed by atoms with Crippen molar-refractivity contribution in [3.8, 4) is 0 Å². The molecule has 0 spiro atoms. The minimum absolute atomic E-state index is 0.106. The SMILES string of the molecule is Nc1cn(Cc2c(F)cccc2Cl)c(=O)[nH]c1=O. The van der Waals surface area contributed by atoms with Crippen molar-refractivity contribution in [2.75, 3.05) is 5.73 Å². The Morgan fingerprint density at radius 3 is 2.78 bits per heavy atom. The molecule has 2 aromatic rings. The fourth-order valence-electron chi connectivity index (χ4n) is 1.50. The molecule has 94 valence electrons. The van der Waals surface area contributed by atoms with Gasteiger partial charge in [-0.1, -0.05) is 17.7 Å². The van der Waals surface area contributed by atoms with Crippen molar-refractivity contribution in [2.24, 2.45) is 0 Å². The number of nitrogen functional groups attached to an aromatic ring is 1. The maximum Gasteiger partial charge on any atom is 0.328 e. The minimum atomic E-state index is -0.673. The van der Waals surface area contributed by atoms with Gasteiger partial charge in [0.1, 0.15) is 11.5 Å². The Hall–Kier alpha value is -2.08. The van der Waals surface area contributed by atoms with Crippen molar-refractivity contribution in [1.29, 1.82) is 0 Å². The van der Waals surface area contributed by atoms with Crippen molar-refractivity contribution in [3.05, 3.63) is 61.6 Å². The largest absolute Gasteiger partial charge is 0.393 e. The summed E-state index contributed by atoms with van der Waals surface area (Å²) in [5.74, 6) is -0.529. The average Bonchev–Trinajstić information content (AvgIpc) is 2.30. The second-order valence-corrected chi connectivity index (χ2v) is 4.08. The van der Waals surface area contributed by atoms with Crippen LogP contribution in [0, 0.1) is 5.82 Å². The highest BCUT2D eigenvalue weighted by molar-refractivity contribution is 6.31. The molecule has 0 aliphatic rings. The predicted molar refractivity (Wildman–Crippen MR) is 66.2 cm³/mol. The minimum Gasteiger partial charge on any atom is -0.393 e. The number of hydrogen-bond acceptors (Lipinski definition) is 3. The highest BCUT2D eigenvalue weighted by Crippen LogP contribution is 2.19. The van der Waals surface area contributed by atoms with Gasteiger partial charge in [0.25, 0.3) is 5.56 Å². The van der Waals surface area contributed by atoms with Crippen LogP contribution in [0.25, 0.3) is 0 Å². The van der Waals surface area contributed by atoms with Crippen molar-refractivity contribution in [2.45, 2.75) is 6.54 Å². The third kappa shape index (κ3) is 2.28. The third-order valence-corrected chi connectivity index (χ3v) is 2.78. The van der Waals surface area contributed by atoms with E-state index in [1.165, 1.54) is 18.2 Å². The molecule has 7 heteroatoms. The number of nitrogens with zero attached hydrogens (tertiary/aromatic N) is 1. The van der Waals surface area contributed by atoms with Crippen LogP contribution in [0.2, 0.25) is 5.02 Å². The number of nitrogens with two attached hydrogens (primary N) is 1. The van der Waals surface area contributed by atoms with Crippen LogP contribution in [-0.4, -0.2) is 9.55 Å². The van der Waals surface area contributed by atoms with E-state index < -0.39 is 17.1 Å². The lowest BCUT2D eigenvalue weighted by Gasteiger charge is -2.08. The van der Waals surface area contributed by atoms with Gasteiger partial charge >= 0.3 is 5.69 Å². The van der Waals surface area contributed by atoms with Gasteiger partial charge in [-0.25, -0.2) is 9.18 Å². The summed E-state index contributed by atoms with van der Waals surface area (Å²) in [7, 11) is 0. The van der Waals surface area contributed by atoms with Crippen LogP contribution < -0.4 is 17.0 Å². The smallest absolute Gasteiger partial charge is 0.328 e. The molecule has 1 aromatic heterocycles. The van der Waals surface area contributed by atoms with Crippen LogP contribution in [0.4, 0.5) is 10.1 Å². The third-order valence-electron chi connectivity index (χ3n) is 2.43. The normalized spacial score (nSPS) is 10.6. The summed E-state index contributed by atoms with van der Waals surface area (Å²) in [6.45, 7) is -0.106. The number of H-pyrrole nitrogens is 1. The Kier molecular flexibility index (Phi) is 3.20. The van der Waals surface area contributed by atoms with Crippen molar-refractivity contribution in [3.63, 3.8) is 0 Å². The molecule has 0 atom stereocenters. The molecule has 0 unspecified atom stereocenters. The van der Waals surface area contributed by atoms with E-state index in [0.29, 0.717) is 0 Å². The Bertz CT molecular complexity index is 688. The number of anilines is 1. The van der Waals surface area contributed by atoms with Gasteiger partial charge in [0.2, 0.25) is 0 Å². The first kappa shape index (κ1) is 12.4. The summed E-state index contributed by atoms with van der Waals surface area (Å²) in [6.07, 6.45) is 1.16. The molecule has 0 aliphatic heterocycles. The van der Waals surface area contributed by atoms with E-state index in [-0.39, 0.29) is 22.8 Å². The van der Waals surface area contributed by atoms with E-state index in [9.17, 15) is 14.0 Å². The number of nitrogens with one attached hydrogen (secondary N) is 1. The molecule has 0 bridgehead atoms. The Morgan fingerprint density at radius 1 is 1.39 bits per heavy atom. The maximum absolute atomic E-state index is 13.5. The number of halogens is 2. The van der Waals surface area contributed by atoms with E-state index in [4.69, 9.17) is 17.3 Å². The second kappa shape index (κ2) is 4.66. The molecule has 18 heavy (non-hydrogen) atoms. The van der Waals surface area contributed by atoms with E-state index in [1.54, 1.807) is 0 Å². The van der Waals surface area contributed by atoms with Crippen LogP contribution in [0.15, 0.2) is 34.0 Å². The predicted octanol–water partition coefficient (Wildman–Crippen LogP) is 0.960. The molecule has 0 amide bonds. The zero-order valence-corrected chi connectivity index (χ0v) is 9.87. The van der Waals surface area contributed by atoms with E-state index >= 15 is 0 Å². The monoisotopic (exact) mass is 269 g/mol. The van der Waals surface area contributed by atoms with Gasteiger partial charge in [-0.2, -0.15) is 0 Å². The summed E-state index contributed by atoms with van der Waals surface area (Å²) in [6, 6.07) is 4.21. The van der Waals surface area contributed by atoms with Gasteiger partial charge in [-0.3, -0.25) is 14.3 Å². The molecule has 5 nitrogen and oxygen atoms in total. The molecule has 0 radical (unpaired) electrons. The molecular formula is C11H9ClFN3O2. The first-order valence-corrected chi connectivity index (χ1v) is 5.39.